The molecular formula is C20H22N4O2. The van der Waals surface area contributed by atoms with Crippen LogP contribution in [0.15, 0.2) is 53.2 Å². The number of anilines is 2. The van der Waals surface area contributed by atoms with Crippen molar-refractivity contribution in [2.24, 2.45) is 0 Å². The van der Waals surface area contributed by atoms with E-state index in [0.29, 0.717) is 11.7 Å². The van der Waals surface area contributed by atoms with E-state index in [-0.39, 0.29) is 17.7 Å². The molecule has 0 spiro atoms. The molecule has 0 aliphatic heterocycles. The van der Waals surface area contributed by atoms with E-state index in [1.807, 2.05) is 51.1 Å². The summed E-state index contributed by atoms with van der Waals surface area (Å²) in [4.78, 5) is 16.3. The van der Waals surface area contributed by atoms with Gasteiger partial charge in [-0.05, 0) is 23.3 Å². The first-order chi connectivity index (χ1) is 12.3. The van der Waals surface area contributed by atoms with E-state index in [9.17, 15) is 4.79 Å². The predicted molar refractivity (Wildman–Crippen MR) is 102 cm³/mol. The first-order valence-corrected chi connectivity index (χ1v) is 8.39. The summed E-state index contributed by atoms with van der Waals surface area (Å²) in [5.74, 6) is 0.706. The third kappa shape index (κ3) is 4.27. The molecule has 2 heterocycles. The van der Waals surface area contributed by atoms with Crippen LogP contribution in [0.2, 0.25) is 0 Å². The van der Waals surface area contributed by atoms with E-state index < -0.39 is 0 Å². The van der Waals surface area contributed by atoms with Gasteiger partial charge in [-0.1, -0.05) is 50.2 Å². The SMILES string of the molecule is CC(C)(C)c1cc(NC(=O)Cc2ccc(-c3ccc(N)nc3)cc2)on1. The van der Waals surface area contributed by atoms with Crippen LogP contribution in [-0.2, 0) is 16.6 Å². The van der Waals surface area contributed by atoms with Crippen molar-refractivity contribution in [1.29, 1.82) is 0 Å². The summed E-state index contributed by atoms with van der Waals surface area (Å²) in [5, 5.41) is 6.74. The number of nitrogen functional groups attached to an aromatic ring is 1. The Morgan fingerprint density at radius 1 is 1.12 bits per heavy atom. The van der Waals surface area contributed by atoms with Crippen LogP contribution in [0.1, 0.15) is 32.0 Å². The number of carbonyl (C=O) groups excluding carboxylic acids is 1. The Balaban J connectivity index is 1.62. The van der Waals surface area contributed by atoms with Gasteiger partial charge >= 0.3 is 0 Å². The van der Waals surface area contributed by atoms with Crippen LogP contribution in [-0.4, -0.2) is 16.0 Å². The Labute approximate surface area is 152 Å². The molecule has 6 heteroatoms. The molecule has 0 unspecified atom stereocenters. The molecule has 1 aromatic carbocycles. The van der Waals surface area contributed by atoms with Gasteiger partial charge in [-0.3, -0.25) is 10.1 Å². The molecule has 134 valence electrons. The second kappa shape index (κ2) is 7.00. The van der Waals surface area contributed by atoms with Crippen molar-refractivity contribution in [2.45, 2.75) is 32.6 Å². The third-order valence-electron chi connectivity index (χ3n) is 3.98. The van der Waals surface area contributed by atoms with Crippen molar-refractivity contribution >= 4 is 17.6 Å². The van der Waals surface area contributed by atoms with Crippen molar-refractivity contribution in [3.05, 3.63) is 59.9 Å². The fourth-order valence-electron chi connectivity index (χ4n) is 2.45. The van der Waals surface area contributed by atoms with Gasteiger partial charge in [-0.2, -0.15) is 0 Å². The number of pyridine rings is 1. The van der Waals surface area contributed by atoms with Gasteiger partial charge in [-0.15, -0.1) is 0 Å². The minimum absolute atomic E-state index is 0.126. The molecule has 26 heavy (non-hydrogen) atoms. The lowest BCUT2D eigenvalue weighted by molar-refractivity contribution is -0.115. The lowest BCUT2D eigenvalue weighted by Gasteiger charge is -2.12. The highest BCUT2D eigenvalue weighted by Crippen LogP contribution is 2.24. The average molecular weight is 350 g/mol. The lowest BCUT2D eigenvalue weighted by Crippen LogP contribution is -2.14. The fourth-order valence-corrected chi connectivity index (χ4v) is 2.45. The van der Waals surface area contributed by atoms with Crippen molar-refractivity contribution in [3.8, 4) is 11.1 Å². The topological polar surface area (TPSA) is 94.0 Å². The molecule has 0 saturated heterocycles. The number of nitrogens with zero attached hydrogens (tertiary/aromatic N) is 2. The smallest absolute Gasteiger partial charge is 0.231 e. The maximum atomic E-state index is 12.2. The van der Waals surface area contributed by atoms with E-state index in [1.54, 1.807) is 18.3 Å². The second-order valence-electron chi connectivity index (χ2n) is 7.22. The molecule has 6 nitrogen and oxygen atoms in total. The number of nitrogens with one attached hydrogen (secondary N) is 1. The molecule has 0 saturated carbocycles. The number of benzene rings is 1. The highest BCUT2D eigenvalue weighted by molar-refractivity contribution is 5.91. The van der Waals surface area contributed by atoms with Crippen LogP contribution in [0.5, 0.6) is 0 Å². The average Bonchev–Trinajstić information content (AvgIpc) is 3.05. The van der Waals surface area contributed by atoms with Crippen LogP contribution in [0.25, 0.3) is 11.1 Å². The zero-order chi connectivity index (χ0) is 18.7. The molecule has 2 aromatic heterocycles. The Kier molecular flexibility index (Phi) is 4.75. The number of amides is 1. The van der Waals surface area contributed by atoms with Gasteiger partial charge in [0.15, 0.2) is 0 Å². The van der Waals surface area contributed by atoms with Gasteiger partial charge in [0.2, 0.25) is 11.8 Å². The molecule has 3 aromatic rings. The third-order valence-corrected chi connectivity index (χ3v) is 3.98. The molecule has 0 radical (unpaired) electrons. The molecule has 1 amide bonds. The quantitative estimate of drug-likeness (QED) is 0.746. The summed E-state index contributed by atoms with van der Waals surface area (Å²) >= 11 is 0. The van der Waals surface area contributed by atoms with Crippen molar-refractivity contribution in [3.63, 3.8) is 0 Å². The number of hydrogen-bond donors (Lipinski definition) is 2. The highest BCUT2D eigenvalue weighted by atomic mass is 16.5. The monoisotopic (exact) mass is 350 g/mol. The van der Waals surface area contributed by atoms with Crippen molar-refractivity contribution in [2.75, 3.05) is 11.1 Å². The predicted octanol–water partition coefficient (Wildman–Crippen LogP) is 3.80. The number of rotatable bonds is 4. The zero-order valence-corrected chi connectivity index (χ0v) is 15.1. The number of hydrogen-bond acceptors (Lipinski definition) is 5. The van der Waals surface area contributed by atoms with E-state index in [4.69, 9.17) is 10.3 Å². The number of aromatic nitrogens is 2. The Morgan fingerprint density at radius 3 is 2.38 bits per heavy atom. The molecule has 0 aliphatic carbocycles. The minimum atomic E-state index is -0.150. The first kappa shape index (κ1) is 17.7. The highest BCUT2D eigenvalue weighted by Gasteiger charge is 2.19. The van der Waals surface area contributed by atoms with Crippen LogP contribution in [0.4, 0.5) is 11.7 Å². The Morgan fingerprint density at radius 2 is 1.81 bits per heavy atom. The van der Waals surface area contributed by atoms with Gasteiger partial charge in [0.05, 0.1) is 12.1 Å². The van der Waals surface area contributed by atoms with E-state index in [0.717, 1.165) is 22.4 Å². The van der Waals surface area contributed by atoms with Gasteiger partial charge in [0.25, 0.3) is 0 Å². The molecule has 0 aliphatic rings. The number of nitrogens with two attached hydrogens (primary N) is 1. The summed E-state index contributed by atoms with van der Waals surface area (Å²) in [7, 11) is 0. The summed E-state index contributed by atoms with van der Waals surface area (Å²) in [6, 6.07) is 13.2. The molecular weight excluding hydrogens is 328 g/mol. The maximum absolute atomic E-state index is 12.2. The van der Waals surface area contributed by atoms with Gasteiger partial charge in [0.1, 0.15) is 5.82 Å². The second-order valence-corrected chi connectivity index (χ2v) is 7.22. The van der Waals surface area contributed by atoms with Gasteiger partial charge < -0.3 is 10.3 Å². The summed E-state index contributed by atoms with van der Waals surface area (Å²) in [6.45, 7) is 6.11. The molecule has 0 bridgehead atoms. The van der Waals surface area contributed by atoms with E-state index in [2.05, 4.69) is 15.5 Å². The van der Waals surface area contributed by atoms with Crippen molar-refractivity contribution in [1.82, 2.24) is 10.1 Å². The van der Waals surface area contributed by atoms with Crippen LogP contribution in [0, 0.1) is 0 Å². The van der Waals surface area contributed by atoms with Crippen LogP contribution >= 0.6 is 0 Å². The Bertz CT molecular complexity index is 891. The number of carbonyl (C=O) groups is 1. The van der Waals surface area contributed by atoms with E-state index >= 15 is 0 Å². The zero-order valence-electron chi connectivity index (χ0n) is 15.1. The fraction of sp³-hybridized carbons (Fsp3) is 0.250. The lowest BCUT2D eigenvalue weighted by atomic mass is 9.92. The first-order valence-electron chi connectivity index (χ1n) is 8.39. The molecule has 0 atom stereocenters. The summed E-state index contributed by atoms with van der Waals surface area (Å²) in [5.41, 5.74) is 9.19. The van der Waals surface area contributed by atoms with Crippen molar-refractivity contribution < 1.29 is 9.32 Å². The van der Waals surface area contributed by atoms with Gasteiger partial charge in [-0.25, -0.2) is 4.98 Å². The minimum Gasteiger partial charge on any atom is -0.384 e. The Hall–Kier alpha value is -3.15. The summed E-state index contributed by atoms with van der Waals surface area (Å²) < 4.78 is 5.19. The van der Waals surface area contributed by atoms with Gasteiger partial charge in [0, 0.05) is 23.2 Å². The summed E-state index contributed by atoms with van der Waals surface area (Å²) in [6.07, 6.45) is 1.99. The molecule has 3 rings (SSSR count). The molecule has 0 fully saturated rings. The van der Waals surface area contributed by atoms with E-state index in [1.165, 1.54) is 0 Å². The standard InChI is InChI=1S/C20H22N4O2/c1-20(2,3)16-11-19(26-24-16)23-18(25)10-13-4-6-14(7-5-13)15-8-9-17(21)22-12-15/h4-9,11-12H,10H2,1-3H3,(H2,21,22)(H,23,25). The normalized spacial score (nSPS) is 11.3. The largest absolute Gasteiger partial charge is 0.384 e. The van der Waals surface area contributed by atoms with Crippen LogP contribution in [0.3, 0.4) is 0 Å². The molecule has 3 N–H and O–H groups in total. The van der Waals surface area contributed by atoms with Crippen LogP contribution < -0.4 is 11.1 Å². The maximum Gasteiger partial charge on any atom is 0.231 e.